The van der Waals surface area contributed by atoms with Crippen LogP contribution in [0.2, 0.25) is 10.3 Å². The summed E-state index contributed by atoms with van der Waals surface area (Å²) < 4.78 is 0. The average Bonchev–Trinajstić information content (AvgIpc) is 2.23. The molecule has 2 rings (SSSR count). The maximum absolute atomic E-state index is 5.97. The molecule has 0 fully saturated rings. The van der Waals surface area contributed by atoms with Crippen LogP contribution in [0.1, 0.15) is 5.56 Å². The van der Waals surface area contributed by atoms with Crippen LogP contribution in [-0.2, 0) is 0 Å². The largest absolute Gasteiger partial charge is 0.159 e. The molecule has 2 nitrogen and oxygen atoms in total. The van der Waals surface area contributed by atoms with Gasteiger partial charge in [-0.2, -0.15) is 0 Å². The number of halogens is 2. The summed E-state index contributed by atoms with van der Waals surface area (Å²) in [6.45, 7) is 2.01. The SMILES string of the molecule is Cc1ccccc1-c1cc(Cl)nnc1Cl. The molecule has 0 spiro atoms. The van der Waals surface area contributed by atoms with Crippen LogP contribution in [0.25, 0.3) is 11.1 Å². The normalized spacial score (nSPS) is 10.3. The lowest BCUT2D eigenvalue weighted by molar-refractivity contribution is 1.03. The Bertz CT molecular complexity index is 498. The molecular formula is C11H8Cl2N2. The number of hydrogen-bond acceptors (Lipinski definition) is 2. The summed E-state index contributed by atoms with van der Waals surface area (Å²) in [5.74, 6) is 0. The van der Waals surface area contributed by atoms with E-state index in [1.807, 2.05) is 31.2 Å². The van der Waals surface area contributed by atoms with Gasteiger partial charge in [0, 0.05) is 5.56 Å². The molecule has 0 unspecified atom stereocenters. The number of benzene rings is 1. The van der Waals surface area contributed by atoms with Crippen molar-refractivity contribution in [3.8, 4) is 11.1 Å². The molecule has 0 radical (unpaired) electrons. The van der Waals surface area contributed by atoms with Crippen LogP contribution in [0.5, 0.6) is 0 Å². The first-order valence-electron chi connectivity index (χ1n) is 4.43. The van der Waals surface area contributed by atoms with E-state index in [1.165, 1.54) is 0 Å². The minimum Gasteiger partial charge on any atom is -0.137 e. The highest BCUT2D eigenvalue weighted by Gasteiger charge is 2.08. The summed E-state index contributed by atoms with van der Waals surface area (Å²) in [5, 5.41) is 8.17. The number of hydrogen-bond donors (Lipinski definition) is 0. The molecule has 1 aromatic heterocycles. The molecule has 0 atom stereocenters. The lowest BCUT2D eigenvalue weighted by Gasteiger charge is -2.06. The van der Waals surface area contributed by atoms with Crippen LogP contribution < -0.4 is 0 Å². The first-order chi connectivity index (χ1) is 7.18. The highest BCUT2D eigenvalue weighted by Crippen LogP contribution is 2.29. The number of aryl methyl sites for hydroxylation is 1. The smallest absolute Gasteiger partial charge is 0.137 e. The Kier molecular flexibility index (Phi) is 2.89. The molecule has 0 aliphatic carbocycles. The van der Waals surface area contributed by atoms with Gasteiger partial charge in [-0.3, -0.25) is 0 Å². The number of nitrogens with zero attached hydrogens (tertiary/aromatic N) is 2. The van der Waals surface area contributed by atoms with E-state index in [0.717, 1.165) is 16.7 Å². The summed E-state index contributed by atoms with van der Waals surface area (Å²) >= 11 is 11.8. The zero-order valence-electron chi connectivity index (χ0n) is 8.04. The van der Waals surface area contributed by atoms with Gasteiger partial charge in [-0.1, -0.05) is 47.5 Å². The molecule has 76 valence electrons. The van der Waals surface area contributed by atoms with Crippen LogP contribution in [0.4, 0.5) is 0 Å². The van der Waals surface area contributed by atoms with Gasteiger partial charge in [-0.15, -0.1) is 10.2 Å². The van der Waals surface area contributed by atoms with Crippen molar-refractivity contribution in [2.24, 2.45) is 0 Å². The fourth-order valence-electron chi connectivity index (χ4n) is 1.42. The van der Waals surface area contributed by atoms with Crippen LogP contribution in [0.15, 0.2) is 30.3 Å². The Morgan fingerprint density at radius 1 is 1.00 bits per heavy atom. The predicted molar refractivity (Wildman–Crippen MR) is 62.2 cm³/mol. The third kappa shape index (κ3) is 2.11. The van der Waals surface area contributed by atoms with Gasteiger partial charge in [0.15, 0.2) is 10.3 Å². The fourth-order valence-corrected chi connectivity index (χ4v) is 1.76. The topological polar surface area (TPSA) is 25.8 Å². The molecule has 0 aliphatic rings. The van der Waals surface area contributed by atoms with E-state index in [1.54, 1.807) is 6.07 Å². The Morgan fingerprint density at radius 2 is 1.73 bits per heavy atom. The van der Waals surface area contributed by atoms with Gasteiger partial charge in [0.25, 0.3) is 0 Å². The maximum atomic E-state index is 5.97. The van der Waals surface area contributed by atoms with Crippen molar-refractivity contribution < 1.29 is 0 Å². The zero-order chi connectivity index (χ0) is 10.8. The van der Waals surface area contributed by atoms with Gasteiger partial charge in [0.05, 0.1) is 0 Å². The van der Waals surface area contributed by atoms with Crippen LogP contribution in [0.3, 0.4) is 0 Å². The van der Waals surface area contributed by atoms with Crippen LogP contribution >= 0.6 is 23.2 Å². The molecule has 2 aromatic rings. The number of aromatic nitrogens is 2. The Balaban J connectivity index is 2.64. The van der Waals surface area contributed by atoms with Crippen LogP contribution in [0, 0.1) is 6.92 Å². The molecular weight excluding hydrogens is 231 g/mol. The minimum absolute atomic E-state index is 0.345. The van der Waals surface area contributed by atoms with Gasteiger partial charge in [0.2, 0.25) is 0 Å². The monoisotopic (exact) mass is 238 g/mol. The minimum atomic E-state index is 0.345. The standard InChI is InChI=1S/C11H8Cl2N2/c1-7-4-2-3-5-8(7)9-6-10(12)14-15-11(9)13/h2-6H,1H3. The maximum Gasteiger partial charge on any atom is 0.159 e. The summed E-state index contributed by atoms with van der Waals surface area (Å²) in [4.78, 5) is 0. The van der Waals surface area contributed by atoms with Crippen molar-refractivity contribution in [2.75, 3.05) is 0 Å². The third-order valence-corrected chi connectivity index (χ3v) is 2.62. The van der Waals surface area contributed by atoms with E-state index in [0.29, 0.717) is 10.3 Å². The van der Waals surface area contributed by atoms with Gasteiger partial charge in [-0.25, -0.2) is 0 Å². The molecule has 0 saturated heterocycles. The molecule has 15 heavy (non-hydrogen) atoms. The van der Waals surface area contributed by atoms with E-state index >= 15 is 0 Å². The Hall–Kier alpha value is -1.12. The van der Waals surface area contributed by atoms with Crippen molar-refractivity contribution in [2.45, 2.75) is 6.92 Å². The second-order valence-electron chi connectivity index (χ2n) is 3.19. The van der Waals surface area contributed by atoms with E-state index in [2.05, 4.69) is 10.2 Å². The Labute approximate surface area is 97.9 Å². The summed E-state index contributed by atoms with van der Waals surface area (Å²) in [5.41, 5.74) is 2.97. The zero-order valence-corrected chi connectivity index (χ0v) is 9.55. The highest BCUT2D eigenvalue weighted by molar-refractivity contribution is 6.33. The lowest BCUT2D eigenvalue weighted by Crippen LogP contribution is -1.89. The molecule has 1 heterocycles. The van der Waals surface area contributed by atoms with Crippen molar-refractivity contribution >= 4 is 23.2 Å². The molecule has 0 aliphatic heterocycles. The van der Waals surface area contributed by atoms with E-state index in [-0.39, 0.29) is 0 Å². The lowest BCUT2D eigenvalue weighted by atomic mass is 10.0. The van der Waals surface area contributed by atoms with E-state index in [9.17, 15) is 0 Å². The highest BCUT2D eigenvalue weighted by atomic mass is 35.5. The van der Waals surface area contributed by atoms with Gasteiger partial charge >= 0.3 is 0 Å². The van der Waals surface area contributed by atoms with E-state index < -0.39 is 0 Å². The summed E-state index contributed by atoms with van der Waals surface area (Å²) in [7, 11) is 0. The Morgan fingerprint density at radius 3 is 2.47 bits per heavy atom. The second-order valence-corrected chi connectivity index (χ2v) is 3.93. The molecule has 0 bridgehead atoms. The summed E-state index contributed by atoms with van der Waals surface area (Å²) in [6, 6.07) is 9.64. The van der Waals surface area contributed by atoms with Gasteiger partial charge < -0.3 is 0 Å². The van der Waals surface area contributed by atoms with Crippen molar-refractivity contribution in [1.82, 2.24) is 10.2 Å². The van der Waals surface area contributed by atoms with Crippen molar-refractivity contribution in [3.05, 3.63) is 46.2 Å². The van der Waals surface area contributed by atoms with Crippen molar-refractivity contribution in [3.63, 3.8) is 0 Å². The molecule has 4 heteroatoms. The van der Waals surface area contributed by atoms with Gasteiger partial charge in [0.1, 0.15) is 0 Å². The predicted octanol–water partition coefficient (Wildman–Crippen LogP) is 3.76. The van der Waals surface area contributed by atoms with Crippen molar-refractivity contribution in [1.29, 1.82) is 0 Å². The molecule has 0 saturated carbocycles. The first kappa shape index (κ1) is 10.4. The third-order valence-electron chi connectivity index (χ3n) is 2.15. The van der Waals surface area contributed by atoms with E-state index in [4.69, 9.17) is 23.2 Å². The molecule has 0 N–H and O–H groups in total. The van der Waals surface area contributed by atoms with Crippen LogP contribution in [-0.4, -0.2) is 10.2 Å². The first-order valence-corrected chi connectivity index (χ1v) is 5.19. The number of rotatable bonds is 1. The second kappa shape index (κ2) is 4.17. The molecule has 0 amide bonds. The molecule has 1 aromatic carbocycles. The quantitative estimate of drug-likeness (QED) is 0.757. The summed E-state index contributed by atoms with van der Waals surface area (Å²) in [6.07, 6.45) is 0. The fraction of sp³-hybridized carbons (Fsp3) is 0.0909. The van der Waals surface area contributed by atoms with Gasteiger partial charge in [-0.05, 0) is 24.1 Å². The average molecular weight is 239 g/mol.